The molecule has 0 aromatic carbocycles. The first-order valence-electron chi connectivity index (χ1n) is 5.96. The maximum Gasteiger partial charge on any atom is 0.250 e. The number of rotatable bonds is 5. The molecule has 0 bridgehead atoms. The van der Waals surface area contributed by atoms with Gasteiger partial charge < -0.3 is 5.73 Å². The molecule has 8 heteroatoms. The summed E-state index contributed by atoms with van der Waals surface area (Å²) in [6.07, 6.45) is 2.16. The lowest BCUT2D eigenvalue weighted by atomic mass is 10.0. The third-order valence-corrected chi connectivity index (χ3v) is 7.42. The Labute approximate surface area is 127 Å². The number of sulfonamides is 1. The van der Waals surface area contributed by atoms with E-state index in [0.717, 1.165) is 35.7 Å². The van der Waals surface area contributed by atoms with Crippen molar-refractivity contribution in [3.8, 4) is 0 Å². The highest BCUT2D eigenvalue weighted by atomic mass is 32.2. The molecule has 0 amide bonds. The zero-order valence-electron chi connectivity index (χ0n) is 10.3. The van der Waals surface area contributed by atoms with Crippen LogP contribution >= 0.6 is 35.3 Å². The summed E-state index contributed by atoms with van der Waals surface area (Å²) in [5, 5.41) is 0. The Kier molecular flexibility index (Phi) is 5.24. The molecule has 1 aromatic heterocycles. The van der Waals surface area contributed by atoms with E-state index in [1.54, 1.807) is 12.1 Å². The van der Waals surface area contributed by atoms with E-state index in [2.05, 4.69) is 4.72 Å². The molecule has 2 heterocycles. The van der Waals surface area contributed by atoms with Crippen LogP contribution in [0.15, 0.2) is 16.3 Å². The number of thioether (sulfide) groups is 1. The van der Waals surface area contributed by atoms with E-state index < -0.39 is 10.0 Å². The highest BCUT2D eigenvalue weighted by Gasteiger charge is 2.20. The van der Waals surface area contributed by atoms with Gasteiger partial charge >= 0.3 is 0 Å². The van der Waals surface area contributed by atoms with Crippen molar-refractivity contribution in [1.29, 1.82) is 0 Å². The van der Waals surface area contributed by atoms with Gasteiger partial charge in [-0.15, -0.1) is 11.3 Å². The molecule has 1 saturated heterocycles. The predicted molar refractivity (Wildman–Crippen MR) is 85.4 cm³/mol. The second-order valence-corrected chi connectivity index (χ2v) is 9.13. The monoisotopic (exact) mass is 336 g/mol. The van der Waals surface area contributed by atoms with E-state index in [-0.39, 0.29) is 9.20 Å². The van der Waals surface area contributed by atoms with Crippen LogP contribution in [0.2, 0.25) is 0 Å². The van der Waals surface area contributed by atoms with Gasteiger partial charge in [0.1, 0.15) is 9.20 Å². The zero-order chi connectivity index (χ0) is 13.9. The van der Waals surface area contributed by atoms with Gasteiger partial charge in [0.05, 0.1) is 4.88 Å². The first kappa shape index (κ1) is 15.2. The Morgan fingerprint density at radius 1 is 1.42 bits per heavy atom. The van der Waals surface area contributed by atoms with Crippen LogP contribution in [-0.4, -0.2) is 31.5 Å². The van der Waals surface area contributed by atoms with Crippen LogP contribution in [-0.2, 0) is 10.0 Å². The Balaban J connectivity index is 1.98. The number of thiocarbonyl (C=S) groups is 1. The molecule has 1 fully saturated rings. The first-order chi connectivity index (χ1) is 8.99. The van der Waals surface area contributed by atoms with Gasteiger partial charge in [0, 0.05) is 6.54 Å². The molecule has 0 aliphatic carbocycles. The first-order valence-corrected chi connectivity index (χ1v) is 9.82. The summed E-state index contributed by atoms with van der Waals surface area (Å²) in [6, 6.07) is 3.21. The molecular formula is C11H16N2O2S4. The molecule has 3 N–H and O–H groups in total. The fourth-order valence-electron chi connectivity index (χ4n) is 1.85. The quantitative estimate of drug-likeness (QED) is 0.802. The van der Waals surface area contributed by atoms with Crippen molar-refractivity contribution in [2.45, 2.75) is 17.1 Å². The standard InChI is InChI=1S/C11H16N2O2S4/c12-11(16)9-1-2-10(18-9)19(14,15)13-7-8-3-5-17-6-4-8/h1-2,8,13H,3-7H2,(H2,12,16). The number of nitrogens with two attached hydrogens (primary N) is 1. The van der Waals surface area contributed by atoms with Crippen molar-refractivity contribution in [2.75, 3.05) is 18.1 Å². The topological polar surface area (TPSA) is 72.2 Å². The lowest BCUT2D eigenvalue weighted by molar-refractivity contribution is 0.477. The predicted octanol–water partition coefficient (Wildman–Crippen LogP) is 1.80. The molecule has 2 rings (SSSR count). The highest BCUT2D eigenvalue weighted by molar-refractivity contribution is 7.99. The molecular weight excluding hydrogens is 320 g/mol. The normalized spacial score (nSPS) is 17.5. The van der Waals surface area contributed by atoms with Crippen molar-refractivity contribution in [3.63, 3.8) is 0 Å². The fourth-order valence-corrected chi connectivity index (χ4v) is 5.56. The summed E-state index contributed by atoms with van der Waals surface area (Å²) in [4.78, 5) is 0.861. The van der Waals surface area contributed by atoms with Crippen LogP contribution in [0.25, 0.3) is 0 Å². The molecule has 0 spiro atoms. The molecule has 0 saturated carbocycles. The Morgan fingerprint density at radius 2 is 2.11 bits per heavy atom. The van der Waals surface area contributed by atoms with Crippen LogP contribution in [0.3, 0.4) is 0 Å². The van der Waals surface area contributed by atoms with Crippen molar-refractivity contribution >= 4 is 50.3 Å². The van der Waals surface area contributed by atoms with Gasteiger partial charge in [0.2, 0.25) is 10.0 Å². The number of nitrogens with one attached hydrogen (secondary N) is 1. The second-order valence-electron chi connectivity index (χ2n) is 4.39. The Hall–Kier alpha value is -0.150. The van der Waals surface area contributed by atoms with Crippen molar-refractivity contribution in [1.82, 2.24) is 4.72 Å². The Morgan fingerprint density at radius 3 is 2.68 bits per heavy atom. The van der Waals surface area contributed by atoms with Crippen LogP contribution in [0.4, 0.5) is 0 Å². The molecule has 0 atom stereocenters. The van der Waals surface area contributed by atoms with Gasteiger partial charge in [-0.2, -0.15) is 11.8 Å². The van der Waals surface area contributed by atoms with Crippen molar-refractivity contribution in [2.24, 2.45) is 11.7 Å². The summed E-state index contributed by atoms with van der Waals surface area (Å²) in [7, 11) is -3.43. The SMILES string of the molecule is NC(=S)c1ccc(S(=O)(=O)NCC2CCSCC2)s1. The average molecular weight is 337 g/mol. The van der Waals surface area contributed by atoms with Crippen molar-refractivity contribution in [3.05, 3.63) is 17.0 Å². The smallest absolute Gasteiger partial charge is 0.250 e. The maximum atomic E-state index is 12.1. The van der Waals surface area contributed by atoms with E-state index in [9.17, 15) is 8.42 Å². The van der Waals surface area contributed by atoms with Gasteiger partial charge in [0.25, 0.3) is 0 Å². The summed E-state index contributed by atoms with van der Waals surface area (Å²) in [5.41, 5.74) is 5.49. The summed E-state index contributed by atoms with van der Waals surface area (Å²) in [6.45, 7) is 0.517. The minimum atomic E-state index is -3.43. The lowest BCUT2D eigenvalue weighted by Crippen LogP contribution is -2.30. The largest absolute Gasteiger partial charge is 0.389 e. The number of hydrogen-bond acceptors (Lipinski definition) is 5. The minimum absolute atomic E-state index is 0.232. The molecule has 1 aliphatic heterocycles. The van der Waals surface area contributed by atoms with Crippen LogP contribution in [0.5, 0.6) is 0 Å². The maximum absolute atomic E-state index is 12.1. The molecule has 19 heavy (non-hydrogen) atoms. The fraction of sp³-hybridized carbons (Fsp3) is 0.545. The molecule has 0 radical (unpaired) electrons. The van der Waals surface area contributed by atoms with E-state index in [4.69, 9.17) is 18.0 Å². The lowest BCUT2D eigenvalue weighted by Gasteiger charge is -2.21. The molecule has 1 aromatic rings. The van der Waals surface area contributed by atoms with Gasteiger partial charge in [0.15, 0.2) is 0 Å². The van der Waals surface area contributed by atoms with Gasteiger partial charge in [-0.3, -0.25) is 0 Å². The zero-order valence-corrected chi connectivity index (χ0v) is 13.6. The van der Waals surface area contributed by atoms with Crippen LogP contribution < -0.4 is 10.5 Å². The Bertz CT molecular complexity index is 547. The molecule has 106 valence electrons. The van der Waals surface area contributed by atoms with Crippen molar-refractivity contribution < 1.29 is 8.42 Å². The second kappa shape index (κ2) is 6.53. The van der Waals surface area contributed by atoms with E-state index in [0.29, 0.717) is 17.3 Å². The molecule has 4 nitrogen and oxygen atoms in total. The summed E-state index contributed by atoms with van der Waals surface area (Å²) >= 11 is 7.88. The van der Waals surface area contributed by atoms with Crippen LogP contribution in [0, 0.1) is 5.92 Å². The van der Waals surface area contributed by atoms with E-state index in [1.807, 2.05) is 11.8 Å². The van der Waals surface area contributed by atoms with Crippen LogP contribution in [0.1, 0.15) is 17.7 Å². The third kappa shape index (κ3) is 4.16. The number of thiophene rings is 1. The molecule has 1 aliphatic rings. The average Bonchev–Trinajstić information content (AvgIpc) is 2.88. The summed E-state index contributed by atoms with van der Waals surface area (Å²) in [5.74, 6) is 2.69. The van der Waals surface area contributed by atoms with E-state index >= 15 is 0 Å². The van der Waals surface area contributed by atoms with Gasteiger partial charge in [-0.25, -0.2) is 13.1 Å². The summed E-state index contributed by atoms with van der Waals surface area (Å²) < 4.78 is 27.2. The molecule has 0 unspecified atom stereocenters. The van der Waals surface area contributed by atoms with E-state index in [1.165, 1.54) is 0 Å². The third-order valence-electron chi connectivity index (χ3n) is 2.99. The van der Waals surface area contributed by atoms with Gasteiger partial charge in [-0.05, 0) is 42.4 Å². The van der Waals surface area contributed by atoms with Gasteiger partial charge in [-0.1, -0.05) is 12.2 Å². The highest BCUT2D eigenvalue weighted by Crippen LogP contribution is 2.24. The minimum Gasteiger partial charge on any atom is -0.389 e. The number of hydrogen-bond donors (Lipinski definition) is 2.